The number of ether oxygens (including phenoxy) is 2. The van der Waals surface area contributed by atoms with Gasteiger partial charge < -0.3 is 9.47 Å². The van der Waals surface area contributed by atoms with Gasteiger partial charge in [-0.1, -0.05) is 0 Å². The first kappa shape index (κ1) is 15.7. The van der Waals surface area contributed by atoms with Crippen LogP contribution in [0.25, 0.3) is 0 Å². The number of nitrogens with zero attached hydrogens (tertiary/aromatic N) is 2. The molecule has 0 spiro atoms. The Bertz CT molecular complexity index is 522. The summed E-state index contributed by atoms with van der Waals surface area (Å²) in [4.78, 5) is 24.8. The van der Waals surface area contributed by atoms with Crippen molar-refractivity contribution in [2.24, 2.45) is 0 Å². The fourth-order valence-corrected chi connectivity index (χ4v) is 1.53. The molecule has 0 bridgehead atoms. The molecule has 0 saturated heterocycles. The van der Waals surface area contributed by atoms with Crippen LogP contribution in [0.2, 0.25) is 0 Å². The smallest absolute Gasteiger partial charge is 0.311 e. The van der Waals surface area contributed by atoms with Gasteiger partial charge in [0.25, 0.3) is 12.1 Å². The second-order valence-corrected chi connectivity index (χ2v) is 3.60. The molecule has 0 saturated carbocycles. The number of hydrogen-bond donors (Lipinski definition) is 0. The summed E-state index contributed by atoms with van der Waals surface area (Å²) in [5, 5.41) is 10.8. The molecule has 0 fully saturated rings. The second-order valence-electron chi connectivity index (χ2n) is 3.60. The summed E-state index contributed by atoms with van der Waals surface area (Å²) in [5.74, 6) is -1.24. The minimum absolute atomic E-state index is 0.0728. The van der Waals surface area contributed by atoms with E-state index in [-0.39, 0.29) is 18.7 Å². The molecule has 1 heterocycles. The molecule has 7 nitrogen and oxygen atoms in total. The minimum Gasteiger partial charge on any atom is -0.480 e. The highest BCUT2D eigenvalue weighted by Crippen LogP contribution is 2.36. The highest BCUT2D eigenvalue weighted by atomic mass is 19.3. The van der Waals surface area contributed by atoms with Gasteiger partial charge in [-0.3, -0.25) is 14.9 Å². The molecule has 0 radical (unpaired) electrons. The second kappa shape index (κ2) is 6.73. The molecular formula is C11H12F2N2O5. The summed E-state index contributed by atoms with van der Waals surface area (Å²) in [6, 6.07) is 0.820. The van der Waals surface area contributed by atoms with Crippen molar-refractivity contribution in [1.82, 2.24) is 4.98 Å². The number of esters is 1. The molecule has 0 aliphatic heterocycles. The number of rotatable bonds is 6. The highest BCUT2D eigenvalue weighted by Gasteiger charge is 2.29. The summed E-state index contributed by atoms with van der Waals surface area (Å²) in [5.41, 5.74) is -1.83. The third-order valence-electron chi connectivity index (χ3n) is 2.29. The number of hydrogen-bond acceptors (Lipinski definition) is 6. The van der Waals surface area contributed by atoms with Crippen molar-refractivity contribution >= 4 is 11.7 Å². The van der Waals surface area contributed by atoms with Gasteiger partial charge in [-0.25, -0.2) is 13.8 Å². The Labute approximate surface area is 112 Å². The van der Waals surface area contributed by atoms with Crippen LogP contribution < -0.4 is 4.74 Å². The van der Waals surface area contributed by atoms with Crippen molar-refractivity contribution in [1.29, 1.82) is 0 Å². The van der Waals surface area contributed by atoms with E-state index >= 15 is 0 Å². The van der Waals surface area contributed by atoms with Crippen molar-refractivity contribution in [2.75, 3.05) is 13.7 Å². The number of nitro groups is 1. The molecule has 0 aliphatic rings. The van der Waals surface area contributed by atoms with Crippen LogP contribution >= 0.6 is 0 Å². The zero-order chi connectivity index (χ0) is 15.3. The van der Waals surface area contributed by atoms with Gasteiger partial charge in [0.1, 0.15) is 0 Å². The maximum Gasteiger partial charge on any atom is 0.311 e. The van der Waals surface area contributed by atoms with Gasteiger partial charge in [0, 0.05) is 6.07 Å². The van der Waals surface area contributed by atoms with E-state index in [1.165, 1.54) is 0 Å². The van der Waals surface area contributed by atoms with E-state index in [2.05, 4.69) is 14.5 Å². The van der Waals surface area contributed by atoms with Crippen LogP contribution in [0.3, 0.4) is 0 Å². The third kappa shape index (κ3) is 3.59. The molecule has 0 unspecified atom stereocenters. The molecule has 0 N–H and O–H groups in total. The van der Waals surface area contributed by atoms with Crippen LogP contribution in [-0.2, 0) is 16.0 Å². The topological polar surface area (TPSA) is 91.6 Å². The number of pyridine rings is 1. The van der Waals surface area contributed by atoms with E-state index in [4.69, 9.17) is 0 Å². The Morgan fingerprint density at radius 1 is 1.55 bits per heavy atom. The summed E-state index contributed by atoms with van der Waals surface area (Å²) in [6.45, 7) is 1.72. The van der Waals surface area contributed by atoms with Gasteiger partial charge in [0.2, 0.25) is 5.88 Å². The number of aromatic nitrogens is 1. The van der Waals surface area contributed by atoms with Crippen molar-refractivity contribution < 1.29 is 28.0 Å². The van der Waals surface area contributed by atoms with E-state index in [1.54, 1.807) is 6.92 Å². The van der Waals surface area contributed by atoms with Crippen LogP contribution in [0.5, 0.6) is 5.88 Å². The lowest BCUT2D eigenvalue weighted by molar-refractivity contribution is -0.386. The van der Waals surface area contributed by atoms with Crippen molar-refractivity contribution in [3.05, 3.63) is 27.4 Å². The number of methoxy groups -OCH3 is 1. The van der Waals surface area contributed by atoms with E-state index in [9.17, 15) is 23.7 Å². The lowest BCUT2D eigenvalue weighted by Gasteiger charge is -2.09. The average molecular weight is 290 g/mol. The molecule has 20 heavy (non-hydrogen) atoms. The Morgan fingerprint density at radius 3 is 2.65 bits per heavy atom. The van der Waals surface area contributed by atoms with Gasteiger partial charge >= 0.3 is 5.97 Å². The Morgan fingerprint density at radius 2 is 2.20 bits per heavy atom. The molecule has 0 atom stereocenters. The maximum absolute atomic E-state index is 12.8. The quantitative estimate of drug-likeness (QED) is 0.452. The molecule has 1 rings (SSSR count). The number of carbonyl (C=O) groups excluding carboxylic acids is 1. The van der Waals surface area contributed by atoms with Gasteiger partial charge in [-0.05, 0) is 6.92 Å². The monoisotopic (exact) mass is 290 g/mol. The normalized spacial score (nSPS) is 10.4. The molecule has 0 aromatic carbocycles. The number of halogens is 2. The highest BCUT2D eigenvalue weighted by molar-refractivity contribution is 5.72. The van der Waals surface area contributed by atoms with Gasteiger partial charge in [0.05, 0.1) is 30.8 Å². The Hall–Kier alpha value is -2.32. The molecular weight excluding hydrogens is 278 g/mol. The number of carbonyl (C=O) groups is 1. The fourth-order valence-electron chi connectivity index (χ4n) is 1.53. The predicted octanol–water partition coefficient (Wildman–Crippen LogP) is 2.04. The van der Waals surface area contributed by atoms with Crippen molar-refractivity contribution in [3.63, 3.8) is 0 Å². The molecule has 9 heteroatoms. The van der Waals surface area contributed by atoms with Crippen molar-refractivity contribution in [2.45, 2.75) is 19.8 Å². The maximum atomic E-state index is 12.8. The molecule has 110 valence electrons. The summed E-state index contributed by atoms with van der Waals surface area (Å²) >= 11 is 0. The molecule has 1 aromatic heterocycles. The van der Waals surface area contributed by atoms with E-state index in [1.807, 2.05) is 0 Å². The standard InChI is InChI=1S/C11H12F2N2O5/c1-3-20-8(16)5-6-4-7(15(17)18)9(10(12)13)11(14-6)19-2/h4,10H,3,5H2,1-2H3. The lowest BCUT2D eigenvalue weighted by Crippen LogP contribution is -2.11. The van der Waals surface area contributed by atoms with Crippen LogP contribution in [0.15, 0.2) is 6.07 Å². The fraction of sp³-hybridized carbons (Fsp3) is 0.455. The summed E-state index contributed by atoms with van der Waals surface area (Å²) in [6.07, 6.45) is -3.48. The largest absolute Gasteiger partial charge is 0.480 e. The summed E-state index contributed by atoms with van der Waals surface area (Å²) < 4.78 is 35.0. The van der Waals surface area contributed by atoms with E-state index in [0.29, 0.717) is 0 Å². The Kier molecular flexibility index (Phi) is 5.30. The van der Waals surface area contributed by atoms with Crippen LogP contribution in [0.4, 0.5) is 14.5 Å². The first-order chi connectivity index (χ1) is 9.40. The van der Waals surface area contributed by atoms with Crippen molar-refractivity contribution in [3.8, 4) is 5.88 Å². The lowest BCUT2D eigenvalue weighted by atomic mass is 10.1. The van der Waals surface area contributed by atoms with Gasteiger partial charge in [-0.15, -0.1) is 0 Å². The molecule has 0 amide bonds. The summed E-state index contributed by atoms with van der Waals surface area (Å²) in [7, 11) is 1.06. The average Bonchev–Trinajstić information content (AvgIpc) is 2.37. The first-order valence-electron chi connectivity index (χ1n) is 5.56. The SMILES string of the molecule is CCOC(=O)Cc1cc([N+](=O)[O-])c(C(F)F)c(OC)n1. The zero-order valence-electron chi connectivity index (χ0n) is 10.8. The van der Waals surface area contributed by atoms with Crippen LogP contribution in [0, 0.1) is 10.1 Å². The first-order valence-corrected chi connectivity index (χ1v) is 5.56. The Balaban J connectivity index is 3.26. The van der Waals surface area contributed by atoms with E-state index < -0.39 is 34.4 Å². The van der Waals surface area contributed by atoms with Crippen LogP contribution in [0.1, 0.15) is 24.6 Å². The third-order valence-corrected chi connectivity index (χ3v) is 2.29. The minimum atomic E-state index is -3.12. The zero-order valence-corrected chi connectivity index (χ0v) is 10.8. The van der Waals surface area contributed by atoms with Gasteiger partial charge in [-0.2, -0.15) is 0 Å². The number of alkyl halides is 2. The van der Waals surface area contributed by atoms with E-state index in [0.717, 1.165) is 13.2 Å². The molecule has 0 aliphatic carbocycles. The van der Waals surface area contributed by atoms with Gasteiger partial charge in [0.15, 0.2) is 5.56 Å². The predicted molar refractivity (Wildman–Crippen MR) is 62.7 cm³/mol. The van der Waals surface area contributed by atoms with Crippen LogP contribution in [-0.4, -0.2) is 29.6 Å². The molecule has 1 aromatic rings.